The van der Waals surface area contributed by atoms with Gasteiger partial charge in [0, 0.05) is 44.4 Å². The Morgan fingerprint density at radius 2 is 0.829 bits per heavy atom. The summed E-state index contributed by atoms with van der Waals surface area (Å²) in [4.78, 5) is 19.2. The standard InChI is InChI=1S/C64H66N4O2/c1-61(2,3)41-29-39(30-42(33-41)62(4,5)6)56-50-25-19-45(65-50)35-46-20-26-51(66-46)57(40-31-43(63(7,8)9)34-44(32-40)64(10,11)12)54-36-49-55(37-15-21-47(69-13)22-16-37)58(38-17-23-48(70-14)24-18-38)59(60(49)68-54)53-28-27-52(56)67-53/h15-36,65,68H,1-14H3. The third kappa shape index (κ3) is 8.52. The van der Waals surface area contributed by atoms with Crippen LogP contribution in [0.5, 0.6) is 11.5 Å². The van der Waals surface area contributed by atoms with Crippen LogP contribution in [0.2, 0.25) is 0 Å². The Bertz CT molecular complexity index is 3440. The van der Waals surface area contributed by atoms with Crippen LogP contribution in [0.15, 0.2) is 109 Å². The highest BCUT2D eigenvalue weighted by atomic mass is 16.5. The Labute approximate surface area is 414 Å². The second-order valence-corrected chi connectivity index (χ2v) is 23.3. The van der Waals surface area contributed by atoms with Gasteiger partial charge in [-0.2, -0.15) is 0 Å². The second kappa shape index (κ2) is 16.8. The molecule has 5 heterocycles. The summed E-state index contributed by atoms with van der Waals surface area (Å²) in [5.74, 6) is 1.60. The van der Waals surface area contributed by atoms with Crippen molar-refractivity contribution in [1.82, 2.24) is 19.9 Å². The summed E-state index contributed by atoms with van der Waals surface area (Å²) in [6.45, 7) is 27.6. The van der Waals surface area contributed by atoms with E-state index in [9.17, 15) is 0 Å². The summed E-state index contributed by atoms with van der Waals surface area (Å²) in [5.41, 5.74) is 23.1. The van der Waals surface area contributed by atoms with Crippen LogP contribution in [-0.4, -0.2) is 34.2 Å². The first-order valence-corrected chi connectivity index (χ1v) is 24.6. The fourth-order valence-electron chi connectivity index (χ4n) is 9.93. The van der Waals surface area contributed by atoms with E-state index in [1.807, 2.05) is 12.1 Å². The summed E-state index contributed by atoms with van der Waals surface area (Å²) >= 11 is 0. The molecular weight excluding hydrogens is 857 g/mol. The van der Waals surface area contributed by atoms with E-state index >= 15 is 0 Å². The molecule has 7 aromatic rings. The highest BCUT2D eigenvalue weighted by Crippen LogP contribution is 2.50. The number of methoxy groups -OCH3 is 2. The van der Waals surface area contributed by atoms with Crippen LogP contribution in [0.4, 0.5) is 0 Å². The second-order valence-electron chi connectivity index (χ2n) is 23.3. The minimum Gasteiger partial charge on any atom is -0.497 e. The quantitative estimate of drug-likeness (QED) is 0.174. The van der Waals surface area contributed by atoms with E-state index in [1.165, 1.54) is 22.3 Å². The van der Waals surface area contributed by atoms with E-state index in [4.69, 9.17) is 19.4 Å². The summed E-state index contributed by atoms with van der Waals surface area (Å²) < 4.78 is 11.4. The third-order valence-electron chi connectivity index (χ3n) is 14.1. The molecule has 3 aliphatic rings. The largest absolute Gasteiger partial charge is 0.497 e. The first-order chi connectivity index (χ1) is 33.1. The lowest BCUT2D eigenvalue weighted by atomic mass is 9.78. The summed E-state index contributed by atoms with van der Waals surface area (Å²) in [7, 11) is 3.43. The molecule has 0 saturated carbocycles. The Kier molecular flexibility index (Phi) is 11.1. The number of fused-ring (bicyclic) bond motifs is 8. The molecule has 70 heavy (non-hydrogen) atoms. The summed E-state index contributed by atoms with van der Waals surface area (Å²) in [5, 5.41) is 0. The molecule has 0 atom stereocenters. The molecule has 2 N–H and O–H groups in total. The fraction of sp³-hybridized carbons (Fsp3) is 0.281. The van der Waals surface area contributed by atoms with E-state index in [0.29, 0.717) is 0 Å². The minimum absolute atomic E-state index is 0.0785. The molecule has 6 heteroatoms. The smallest absolute Gasteiger partial charge is 0.118 e. The number of ether oxygens (including phenoxy) is 2. The van der Waals surface area contributed by atoms with Gasteiger partial charge < -0.3 is 19.4 Å². The van der Waals surface area contributed by atoms with Gasteiger partial charge in [-0.25, -0.2) is 9.97 Å². The molecule has 0 radical (unpaired) electrons. The molecule has 8 bridgehead atoms. The maximum absolute atomic E-state index is 5.74. The highest BCUT2D eigenvalue weighted by molar-refractivity contribution is 6.18. The number of aromatic amines is 2. The van der Waals surface area contributed by atoms with Gasteiger partial charge in [-0.05, 0) is 145 Å². The molecule has 0 saturated heterocycles. The molecule has 4 aromatic carbocycles. The lowest BCUT2D eigenvalue weighted by Gasteiger charge is -2.26. The van der Waals surface area contributed by atoms with Crippen LogP contribution in [0.25, 0.3) is 79.8 Å². The number of nitrogens with zero attached hydrogens (tertiary/aromatic N) is 2. The van der Waals surface area contributed by atoms with E-state index in [0.717, 1.165) is 112 Å². The van der Waals surface area contributed by atoms with E-state index in [-0.39, 0.29) is 21.7 Å². The van der Waals surface area contributed by atoms with Gasteiger partial charge >= 0.3 is 0 Å². The van der Waals surface area contributed by atoms with Gasteiger partial charge in [-0.15, -0.1) is 0 Å². The maximum atomic E-state index is 5.74. The van der Waals surface area contributed by atoms with Crippen LogP contribution < -0.4 is 9.47 Å². The van der Waals surface area contributed by atoms with Gasteiger partial charge in [0.2, 0.25) is 0 Å². The van der Waals surface area contributed by atoms with E-state index in [1.54, 1.807) is 14.2 Å². The normalized spacial score (nSPS) is 13.7. The molecule has 1 aliphatic carbocycles. The van der Waals surface area contributed by atoms with Crippen molar-refractivity contribution in [3.8, 4) is 33.8 Å². The molecule has 10 rings (SSSR count). The number of hydrogen-bond donors (Lipinski definition) is 2. The zero-order valence-corrected chi connectivity index (χ0v) is 43.4. The molecule has 0 fully saturated rings. The molecule has 0 amide bonds. The first-order valence-electron chi connectivity index (χ1n) is 24.6. The van der Waals surface area contributed by atoms with Crippen molar-refractivity contribution >= 4 is 57.5 Å². The van der Waals surface area contributed by atoms with Crippen LogP contribution in [-0.2, 0) is 21.7 Å². The highest BCUT2D eigenvalue weighted by Gasteiger charge is 2.32. The monoisotopic (exact) mass is 923 g/mol. The average molecular weight is 923 g/mol. The Hall–Kier alpha value is -7.18. The maximum Gasteiger partial charge on any atom is 0.118 e. The van der Waals surface area contributed by atoms with Crippen molar-refractivity contribution in [2.24, 2.45) is 0 Å². The van der Waals surface area contributed by atoms with Crippen molar-refractivity contribution in [3.63, 3.8) is 0 Å². The van der Waals surface area contributed by atoms with Gasteiger partial charge in [0.15, 0.2) is 0 Å². The molecule has 354 valence electrons. The molecular formula is C64H66N4O2. The number of aromatic nitrogens is 4. The SMILES string of the molecule is COc1ccc(C2=C(c3ccc(OC)cc3)c3c4nc(c(-c5cc(C(C)(C)C)cc(C(C)(C)C)c5)c5ccc(cc6nc(c(-c7cc(C(C)(C)C)cc(C(C)(C)C)c7)c7cc2c3[nH]7)C=C6)[nH]5)C=C4)cc1. The van der Waals surface area contributed by atoms with Gasteiger partial charge in [-0.3, -0.25) is 0 Å². The lowest BCUT2D eigenvalue weighted by molar-refractivity contribution is 0.414. The number of benzene rings is 4. The first kappa shape index (κ1) is 46.5. The van der Waals surface area contributed by atoms with Gasteiger partial charge in [0.05, 0.1) is 42.5 Å². The van der Waals surface area contributed by atoms with Crippen molar-refractivity contribution in [3.05, 3.63) is 176 Å². The molecule has 3 aromatic heterocycles. The Morgan fingerprint density at radius 1 is 0.386 bits per heavy atom. The predicted octanol–water partition coefficient (Wildman–Crippen LogP) is 16.5. The Morgan fingerprint density at radius 3 is 1.31 bits per heavy atom. The zero-order valence-electron chi connectivity index (χ0n) is 43.4. The van der Waals surface area contributed by atoms with Crippen molar-refractivity contribution < 1.29 is 9.47 Å². The third-order valence-corrected chi connectivity index (χ3v) is 14.1. The van der Waals surface area contributed by atoms with Gasteiger partial charge in [0.25, 0.3) is 0 Å². The molecule has 6 nitrogen and oxygen atoms in total. The van der Waals surface area contributed by atoms with Crippen LogP contribution >= 0.6 is 0 Å². The topological polar surface area (TPSA) is 75.8 Å². The van der Waals surface area contributed by atoms with Crippen molar-refractivity contribution in [2.45, 2.75) is 105 Å². The van der Waals surface area contributed by atoms with E-state index < -0.39 is 0 Å². The van der Waals surface area contributed by atoms with Crippen molar-refractivity contribution in [2.75, 3.05) is 14.2 Å². The van der Waals surface area contributed by atoms with E-state index in [2.05, 4.69) is 214 Å². The molecule has 0 unspecified atom stereocenters. The van der Waals surface area contributed by atoms with Crippen LogP contribution in [0.3, 0.4) is 0 Å². The van der Waals surface area contributed by atoms with Gasteiger partial charge in [-0.1, -0.05) is 144 Å². The molecule has 2 aliphatic heterocycles. The predicted molar refractivity (Wildman–Crippen MR) is 296 cm³/mol. The minimum atomic E-state index is -0.0893. The fourth-order valence-corrected chi connectivity index (χ4v) is 9.93. The number of rotatable bonds is 6. The van der Waals surface area contributed by atoms with Crippen molar-refractivity contribution in [1.29, 1.82) is 0 Å². The van der Waals surface area contributed by atoms with Crippen LogP contribution in [0.1, 0.15) is 150 Å². The number of nitrogens with one attached hydrogen (secondary N) is 2. The number of H-pyrrole nitrogens is 2. The lowest BCUT2D eigenvalue weighted by Crippen LogP contribution is -2.16. The Balaban J connectivity index is 1.40. The summed E-state index contributed by atoms with van der Waals surface area (Å²) in [6.07, 6.45) is 8.73. The van der Waals surface area contributed by atoms with Gasteiger partial charge in [0.1, 0.15) is 11.5 Å². The molecule has 0 spiro atoms. The number of hydrogen-bond acceptors (Lipinski definition) is 4. The van der Waals surface area contributed by atoms with Crippen LogP contribution in [0, 0.1) is 0 Å². The zero-order chi connectivity index (χ0) is 49.7. The average Bonchev–Trinajstić information content (AvgIpc) is 4.17. The summed E-state index contributed by atoms with van der Waals surface area (Å²) in [6, 6.07) is 40.0.